The first-order chi connectivity index (χ1) is 49.8. The highest BCUT2D eigenvalue weighted by atomic mass is 19.1. The van der Waals surface area contributed by atoms with Crippen LogP contribution < -0.4 is 0 Å². The van der Waals surface area contributed by atoms with Crippen LogP contribution in [-0.2, 0) is 49.6 Å². The van der Waals surface area contributed by atoms with E-state index in [-0.39, 0.29) is 54.6 Å². The van der Waals surface area contributed by atoms with Crippen LogP contribution in [0.1, 0.15) is 185 Å². The van der Waals surface area contributed by atoms with E-state index in [9.17, 15) is 32.8 Å². The third-order valence-corrected chi connectivity index (χ3v) is 23.2. The molecule has 4 amide bonds. The zero-order chi connectivity index (χ0) is 72.1. The first-order valence-electron chi connectivity index (χ1n) is 37.3. The van der Waals surface area contributed by atoms with Gasteiger partial charge in [0.1, 0.15) is 33.5 Å². The molecular formula is C81H103F2N15O6. The van der Waals surface area contributed by atoms with Crippen molar-refractivity contribution in [2.45, 2.75) is 172 Å². The quantitative estimate of drug-likeness (QED) is 0.0409. The van der Waals surface area contributed by atoms with Gasteiger partial charge in [-0.15, -0.1) is 0 Å². The van der Waals surface area contributed by atoms with E-state index >= 15 is 0 Å². The Hall–Kier alpha value is -9.12. The van der Waals surface area contributed by atoms with Crippen molar-refractivity contribution in [2.24, 2.45) is 35.5 Å². The molecule has 4 saturated carbocycles. The number of carbonyl (C=O) groups excluding carboxylic acids is 5. The average Bonchev–Trinajstić information content (AvgIpc) is 1.60. The highest BCUT2D eigenvalue weighted by Gasteiger charge is 2.54. The molecule has 0 radical (unpaired) electrons. The number of nitrogens with one attached hydrogen (secondary N) is 4. The maximum absolute atomic E-state index is 14.1. The molecule has 4 aliphatic heterocycles. The smallest absolute Gasteiger partial charge is 0.245 e. The Labute approximate surface area is 608 Å². The molecule has 4 N–H and O–H groups in total. The van der Waals surface area contributed by atoms with Crippen molar-refractivity contribution in [3.8, 4) is 0 Å². The molecule has 23 heteroatoms. The Morgan fingerprint density at radius 1 is 0.519 bits per heavy atom. The van der Waals surface area contributed by atoms with Crippen molar-refractivity contribution in [1.29, 1.82) is 0 Å². The molecule has 4 aliphatic carbocycles. The van der Waals surface area contributed by atoms with Crippen molar-refractivity contribution in [2.75, 3.05) is 66.1 Å². The Bertz CT molecular complexity index is 4280. The number of ketones is 1. The molecule has 4 saturated heterocycles. The van der Waals surface area contributed by atoms with Crippen LogP contribution in [0, 0.1) is 35.5 Å². The molecule has 12 heterocycles. The summed E-state index contributed by atoms with van der Waals surface area (Å²) in [5.74, 6) is 3.60. The van der Waals surface area contributed by atoms with E-state index in [2.05, 4.69) is 78.5 Å². The minimum Gasteiger partial charge on any atom is -0.384 e. The largest absolute Gasteiger partial charge is 0.384 e. The van der Waals surface area contributed by atoms with Gasteiger partial charge in [0.05, 0.1) is 47.8 Å². The Balaban J connectivity index is 0.000000130. The molecule has 16 rings (SSSR count). The predicted octanol–water partition coefficient (Wildman–Crippen LogP) is 13.5. The molecular weight excluding hydrogens is 1320 g/mol. The van der Waals surface area contributed by atoms with Gasteiger partial charge in [-0.2, -0.15) is 0 Å². The zero-order valence-corrected chi connectivity index (χ0v) is 60.0. The standard InChI is InChI=1S/C22H29N3O2.C20H24N4O2.2C19H23FN4O.CH4/c1-3-21(26)25-8-6-15(7-9-25)10-16-11-18-19(13-24-22(18)23-12-16)20(14-27-2)17-4-5-17;1-2-17(25)24-8-6-13(7-9-24)10-15-11-21-20-18(23-15)16(12-22-20)19(26)14-4-3-5-14;2*1-3-16(25)24-6-4-12(5-7-24)8-13-10-21-18-17(23-13)14(11-22-18)15-9-19(15,2)20;/h3,11-13,15,17,20H,1,4-10,14H2,2H3,(H,23,24);2,11-14H,1,3-10H2,(H,21,22);2*3,10-12,15H,1,4-9H2,2H3,(H,21,22);1H4/t;;2*15-,19?;/m..10./s1. The zero-order valence-electron chi connectivity index (χ0n) is 60.0. The number of rotatable bonds is 20. The molecule has 21 nitrogen and oxygen atoms in total. The van der Waals surface area contributed by atoms with E-state index < -0.39 is 11.3 Å². The summed E-state index contributed by atoms with van der Waals surface area (Å²) in [6.07, 6.45) is 38.8. The summed E-state index contributed by atoms with van der Waals surface area (Å²) in [5.41, 5.74) is 11.3. The number of amides is 4. The lowest BCUT2D eigenvalue weighted by Crippen LogP contribution is -2.37. The van der Waals surface area contributed by atoms with Crippen LogP contribution in [0.4, 0.5) is 8.78 Å². The van der Waals surface area contributed by atoms with Gasteiger partial charge in [0.2, 0.25) is 23.6 Å². The molecule has 8 aromatic rings. The van der Waals surface area contributed by atoms with Crippen LogP contribution in [0.5, 0.6) is 0 Å². The highest BCUT2D eigenvalue weighted by Crippen LogP contribution is 2.56. The molecule has 552 valence electrons. The average molecular weight is 1420 g/mol. The number of aromatic nitrogens is 11. The summed E-state index contributed by atoms with van der Waals surface area (Å²) in [7, 11) is 1.79. The second kappa shape index (κ2) is 32.5. The van der Waals surface area contributed by atoms with Gasteiger partial charge in [-0.25, -0.2) is 43.7 Å². The van der Waals surface area contributed by atoms with Crippen molar-refractivity contribution in [3.63, 3.8) is 0 Å². The number of fused-ring (bicyclic) bond motifs is 4. The molecule has 104 heavy (non-hydrogen) atoms. The molecule has 0 aromatic carbocycles. The molecule has 8 aromatic heterocycles. The summed E-state index contributed by atoms with van der Waals surface area (Å²) in [5, 5.41) is 1.25. The number of ether oxygens (including phenoxy) is 1. The molecule has 8 aliphatic rings. The van der Waals surface area contributed by atoms with Crippen LogP contribution in [0.3, 0.4) is 0 Å². The second-order valence-corrected chi connectivity index (χ2v) is 30.5. The number of carbonyl (C=O) groups is 5. The Morgan fingerprint density at radius 2 is 0.885 bits per heavy atom. The van der Waals surface area contributed by atoms with Gasteiger partial charge in [0, 0.05) is 131 Å². The van der Waals surface area contributed by atoms with Crippen molar-refractivity contribution in [3.05, 3.63) is 151 Å². The number of halogens is 2. The summed E-state index contributed by atoms with van der Waals surface area (Å²) in [6, 6.07) is 2.32. The number of alkyl halides is 2. The van der Waals surface area contributed by atoms with Gasteiger partial charge in [-0.05, 0) is 201 Å². The van der Waals surface area contributed by atoms with Crippen LogP contribution in [0.25, 0.3) is 44.5 Å². The Kier molecular flexibility index (Phi) is 23.3. The third-order valence-electron chi connectivity index (χ3n) is 23.2. The number of Topliss-reactive ketones (excluding diaryl/α,β-unsaturated/α-hetero) is 1. The molecule has 0 spiro atoms. The van der Waals surface area contributed by atoms with Crippen LogP contribution in [-0.4, -0.2) is 181 Å². The van der Waals surface area contributed by atoms with E-state index in [0.29, 0.717) is 59.2 Å². The first-order valence-corrected chi connectivity index (χ1v) is 37.3. The molecule has 8 fully saturated rings. The summed E-state index contributed by atoms with van der Waals surface area (Å²) in [6.45, 7) is 24.6. The number of piperidine rings is 4. The summed E-state index contributed by atoms with van der Waals surface area (Å²) >= 11 is 0. The highest BCUT2D eigenvalue weighted by molar-refractivity contribution is 6.07. The fourth-order valence-electron chi connectivity index (χ4n) is 16.1. The van der Waals surface area contributed by atoms with E-state index in [1.807, 2.05) is 50.6 Å². The number of hydrogen-bond acceptors (Lipinski definition) is 13. The van der Waals surface area contributed by atoms with E-state index in [4.69, 9.17) is 19.7 Å². The fourth-order valence-corrected chi connectivity index (χ4v) is 16.1. The van der Waals surface area contributed by atoms with Crippen LogP contribution >= 0.6 is 0 Å². The lowest BCUT2D eigenvalue weighted by Gasteiger charge is -2.31. The van der Waals surface area contributed by atoms with Crippen molar-refractivity contribution >= 4 is 73.9 Å². The lowest BCUT2D eigenvalue weighted by molar-refractivity contribution is -0.128. The number of H-pyrrole nitrogens is 4. The molecule has 0 bridgehead atoms. The van der Waals surface area contributed by atoms with Gasteiger partial charge >= 0.3 is 0 Å². The normalized spacial score (nSPS) is 22.6. The number of hydrogen-bond donors (Lipinski definition) is 4. The third kappa shape index (κ3) is 17.3. The minimum absolute atomic E-state index is 0. The van der Waals surface area contributed by atoms with E-state index in [1.54, 1.807) is 33.4 Å². The molecule has 3 unspecified atom stereocenters. The number of methoxy groups -OCH3 is 1. The predicted molar refractivity (Wildman–Crippen MR) is 400 cm³/mol. The van der Waals surface area contributed by atoms with Crippen LogP contribution in [0.2, 0.25) is 0 Å². The lowest BCUT2D eigenvalue weighted by atomic mass is 9.80. The topological polar surface area (TPSA) is 261 Å². The number of nitrogens with zero attached hydrogens (tertiary/aromatic N) is 11. The van der Waals surface area contributed by atoms with Crippen molar-refractivity contribution < 1.29 is 37.5 Å². The van der Waals surface area contributed by atoms with Gasteiger partial charge in [-0.1, -0.05) is 40.2 Å². The monoisotopic (exact) mass is 1420 g/mol. The maximum atomic E-state index is 14.1. The first kappa shape index (κ1) is 74.6. The number of pyridine rings is 1. The van der Waals surface area contributed by atoms with Gasteiger partial charge in [0.15, 0.2) is 22.7 Å². The van der Waals surface area contributed by atoms with Crippen molar-refractivity contribution in [1.82, 2.24) is 74.4 Å². The van der Waals surface area contributed by atoms with Crippen LogP contribution in [0.15, 0.2) is 106 Å². The minimum atomic E-state index is -1.11. The summed E-state index contributed by atoms with van der Waals surface area (Å²) < 4.78 is 33.6. The maximum Gasteiger partial charge on any atom is 0.245 e. The van der Waals surface area contributed by atoms with E-state index in [1.165, 1.54) is 53.7 Å². The SMILES string of the molecule is C.C=CC(=O)N1CCC(Cc2cnc3[nH]cc(C(=O)C4CCC4)c3n2)CC1.C=CC(=O)N1CCC(Cc2cnc3[nH]cc(C(COC)C4CC4)c3c2)CC1.C=CC(=O)N1CCC(Cc2cnc3[nH]cc([C@@H]4CC4(C)F)c3n2)CC1.C=CC(=O)N1CCC(Cc2cnc3[nH]cc([C@H]4CC4(C)F)c3n2)CC1. The van der Waals surface area contributed by atoms with Gasteiger partial charge < -0.3 is 44.3 Å². The van der Waals surface area contributed by atoms with Gasteiger partial charge in [0.25, 0.3) is 0 Å². The number of likely N-dealkylation sites (tertiary alicyclic amines) is 4. The number of aromatic amines is 4. The van der Waals surface area contributed by atoms with E-state index in [0.717, 1.165) is 217 Å². The molecule has 5 atom stereocenters. The Morgan fingerprint density at radius 3 is 1.25 bits per heavy atom. The second-order valence-electron chi connectivity index (χ2n) is 30.5. The fraction of sp³-hybridized carbons (Fsp3) is 0.531. The van der Waals surface area contributed by atoms with Gasteiger partial charge in [-0.3, -0.25) is 24.0 Å². The summed E-state index contributed by atoms with van der Waals surface area (Å²) in [4.78, 5) is 112.